The van der Waals surface area contributed by atoms with Gasteiger partial charge in [-0.05, 0) is 89.2 Å². The van der Waals surface area contributed by atoms with Gasteiger partial charge in [-0.15, -0.1) is 5.11 Å². The Balaban J connectivity index is 1.52. The summed E-state index contributed by atoms with van der Waals surface area (Å²) < 4.78 is 6.66. The Morgan fingerprint density at radius 1 is 0.974 bits per heavy atom. The molecule has 1 aliphatic heterocycles. The highest BCUT2D eigenvalue weighted by Crippen LogP contribution is 2.37. The molecule has 2 atom stereocenters. The van der Waals surface area contributed by atoms with E-state index in [0.29, 0.717) is 18.0 Å². The van der Waals surface area contributed by atoms with Gasteiger partial charge in [-0.1, -0.05) is 76.2 Å². The van der Waals surface area contributed by atoms with Crippen LogP contribution >= 0.6 is 0 Å². The molecular formula is C32H41N5O2. The molecule has 0 fully saturated rings. The molecule has 3 N–H and O–H groups in total. The number of aryl methyl sites for hydroxylation is 2. The van der Waals surface area contributed by atoms with Gasteiger partial charge in [0.2, 0.25) is 0 Å². The molecule has 0 saturated heterocycles. The quantitative estimate of drug-likeness (QED) is 0.275. The molecule has 1 amide bonds. The van der Waals surface area contributed by atoms with Crippen molar-refractivity contribution in [2.75, 3.05) is 6.54 Å². The maximum atomic E-state index is 12.6. The molecule has 3 aromatic carbocycles. The van der Waals surface area contributed by atoms with Crippen LogP contribution in [0.1, 0.15) is 85.7 Å². The number of nitrogens with one attached hydrogen (secondary N) is 3. The van der Waals surface area contributed by atoms with Crippen molar-refractivity contribution in [1.29, 1.82) is 0 Å². The lowest BCUT2D eigenvalue weighted by molar-refractivity contribution is 0.0949. The van der Waals surface area contributed by atoms with E-state index < -0.39 is 0 Å². The van der Waals surface area contributed by atoms with Crippen LogP contribution in [0.4, 0.5) is 0 Å². The number of rotatable bonds is 9. The molecule has 4 rings (SSSR count). The highest BCUT2D eigenvalue weighted by Gasteiger charge is 2.23. The summed E-state index contributed by atoms with van der Waals surface area (Å²) in [5, 5.41) is 10.5. The van der Waals surface area contributed by atoms with Crippen LogP contribution < -0.4 is 21.0 Å². The summed E-state index contributed by atoms with van der Waals surface area (Å²) in [6.45, 7) is 15.7. The van der Waals surface area contributed by atoms with Gasteiger partial charge in [-0.2, -0.15) is 5.43 Å². The molecular weight excluding hydrogens is 486 g/mol. The second kappa shape index (κ2) is 12.0. The lowest BCUT2D eigenvalue weighted by Gasteiger charge is -2.28. The van der Waals surface area contributed by atoms with E-state index in [-0.39, 0.29) is 23.6 Å². The predicted molar refractivity (Wildman–Crippen MR) is 157 cm³/mol. The van der Waals surface area contributed by atoms with E-state index in [2.05, 4.69) is 111 Å². The zero-order chi connectivity index (χ0) is 28.2. The van der Waals surface area contributed by atoms with Crippen LogP contribution in [0.5, 0.6) is 5.75 Å². The van der Waals surface area contributed by atoms with Crippen molar-refractivity contribution in [2.24, 2.45) is 15.8 Å². The van der Waals surface area contributed by atoms with Crippen molar-refractivity contribution in [1.82, 2.24) is 16.3 Å². The van der Waals surface area contributed by atoms with Crippen LogP contribution in [-0.2, 0) is 0 Å². The molecule has 2 unspecified atom stereocenters. The summed E-state index contributed by atoms with van der Waals surface area (Å²) in [4.78, 5) is 12.6. The van der Waals surface area contributed by atoms with Crippen molar-refractivity contribution in [3.63, 3.8) is 0 Å². The maximum absolute atomic E-state index is 12.6. The fraction of sp³-hybridized carbons (Fsp3) is 0.406. The topological polar surface area (TPSA) is 87.1 Å². The lowest BCUT2D eigenvalue weighted by Crippen LogP contribution is -2.40. The van der Waals surface area contributed by atoms with Crippen molar-refractivity contribution in [2.45, 2.75) is 73.1 Å². The molecule has 39 heavy (non-hydrogen) atoms. The van der Waals surface area contributed by atoms with E-state index in [0.717, 1.165) is 17.7 Å². The fourth-order valence-corrected chi connectivity index (χ4v) is 4.89. The summed E-state index contributed by atoms with van der Waals surface area (Å²) in [7, 11) is 0. The minimum absolute atomic E-state index is 0.0553. The van der Waals surface area contributed by atoms with E-state index in [9.17, 15) is 4.79 Å². The highest BCUT2D eigenvalue weighted by molar-refractivity contribution is 5.94. The Labute approximate surface area is 232 Å². The molecule has 0 saturated carbocycles. The number of nitrogens with zero attached hydrogens (tertiary/aromatic N) is 2. The Morgan fingerprint density at radius 3 is 2.13 bits per heavy atom. The average Bonchev–Trinajstić information content (AvgIpc) is 3.40. The molecule has 7 nitrogen and oxygen atoms in total. The van der Waals surface area contributed by atoms with Gasteiger partial charge in [0.25, 0.3) is 5.91 Å². The number of carbonyl (C=O) groups excluding carboxylic acids is 1. The number of amides is 1. The van der Waals surface area contributed by atoms with Gasteiger partial charge in [0.15, 0.2) is 6.17 Å². The van der Waals surface area contributed by atoms with Crippen molar-refractivity contribution in [3.05, 3.63) is 88.5 Å². The average molecular weight is 528 g/mol. The number of hydrogen-bond acceptors (Lipinski definition) is 6. The van der Waals surface area contributed by atoms with Crippen LogP contribution in [0.2, 0.25) is 0 Å². The van der Waals surface area contributed by atoms with Gasteiger partial charge in [-0.25, -0.2) is 5.53 Å². The standard InChI is InChI=1S/C32H41N5O2/c1-20(2)23-8-12-25(13-9-23)30-21(3)16-27(17-22(30)4)39-28(18-32(5,6)7)24-10-14-26(15-11-24)31(38)33-19-29-34-36-37-35-29/h8-17,20,28-29H,18-19H2,1-7H3,(H,33,38)(H,34,37)(H,35,36). The van der Waals surface area contributed by atoms with Crippen molar-refractivity contribution >= 4 is 5.91 Å². The molecule has 1 aliphatic rings. The monoisotopic (exact) mass is 527 g/mol. The summed E-state index contributed by atoms with van der Waals surface area (Å²) >= 11 is 0. The zero-order valence-corrected chi connectivity index (χ0v) is 24.1. The SMILES string of the molecule is Cc1cc(OC(CC(C)(C)C)c2ccc(C(=O)NCC3N=NNN3)cc2)cc(C)c1-c1ccc(C(C)C)cc1. The maximum Gasteiger partial charge on any atom is 0.251 e. The first kappa shape index (κ1) is 28.3. The first-order valence-electron chi connectivity index (χ1n) is 13.7. The Hall–Kier alpha value is -3.71. The van der Waals surface area contributed by atoms with Crippen LogP contribution in [0, 0.1) is 19.3 Å². The van der Waals surface area contributed by atoms with E-state index in [4.69, 9.17) is 4.74 Å². The van der Waals surface area contributed by atoms with Gasteiger partial charge in [0, 0.05) is 5.56 Å². The summed E-state index contributed by atoms with van der Waals surface area (Å²) in [5.41, 5.74) is 13.3. The third kappa shape index (κ3) is 7.45. The normalized spacial score (nSPS) is 15.7. The van der Waals surface area contributed by atoms with Crippen LogP contribution in [0.25, 0.3) is 11.1 Å². The Kier molecular flexibility index (Phi) is 8.70. The third-order valence-corrected chi connectivity index (χ3v) is 6.93. The van der Waals surface area contributed by atoms with Gasteiger partial charge < -0.3 is 10.1 Å². The number of benzene rings is 3. The van der Waals surface area contributed by atoms with Crippen molar-refractivity contribution in [3.8, 4) is 16.9 Å². The van der Waals surface area contributed by atoms with Gasteiger partial charge >= 0.3 is 0 Å². The third-order valence-electron chi connectivity index (χ3n) is 6.93. The van der Waals surface area contributed by atoms with Crippen molar-refractivity contribution < 1.29 is 9.53 Å². The first-order valence-corrected chi connectivity index (χ1v) is 13.7. The molecule has 0 bridgehead atoms. The van der Waals surface area contributed by atoms with E-state index >= 15 is 0 Å². The van der Waals surface area contributed by atoms with E-state index in [1.54, 1.807) is 0 Å². The molecule has 7 heteroatoms. The molecule has 0 spiro atoms. The van der Waals surface area contributed by atoms with Crippen LogP contribution in [0.3, 0.4) is 0 Å². The molecule has 0 aromatic heterocycles. The van der Waals surface area contributed by atoms with Gasteiger partial charge in [0.05, 0.1) is 6.54 Å². The number of hydrogen-bond donors (Lipinski definition) is 3. The zero-order valence-electron chi connectivity index (χ0n) is 24.1. The van der Waals surface area contributed by atoms with E-state index in [1.165, 1.54) is 27.8 Å². The number of ether oxygens (including phenoxy) is 1. The van der Waals surface area contributed by atoms with Crippen LogP contribution in [0.15, 0.2) is 71.0 Å². The second-order valence-electron chi connectivity index (χ2n) is 11.9. The van der Waals surface area contributed by atoms with Gasteiger partial charge in [0.1, 0.15) is 11.9 Å². The fourth-order valence-electron chi connectivity index (χ4n) is 4.89. The largest absolute Gasteiger partial charge is 0.486 e. The van der Waals surface area contributed by atoms with E-state index in [1.807, 2.05) is 24.3 Å². The summed E-state index contributed by atoms with van der Waals surface area (Å²) in [5.74, 6) is 1.22. The number of carbonyl (C=O) groups is 1. The minimum Gasteiger partial charge on any atom is -0.486 e. The molecule has 3 aromatic rings. The first-order chi connectivity index (χ1) is 18.5. The summed E-state index contributed by atoms with van der Waals surface area (Å²) in [6, 6.07) is 20.8. The van der Waals surface area contributed by atoms with Gasteiger partial charge in [-0.3, -0.25) is 4.79 Å². The minimum atomic E-state index is -0.268. The highest BCUT2D eigenvalue weighted by atomic mass is 16.5. The number of hydrazine groups is 1. The Bertz CT molecular complexity index is 1280. The second-order valence-corrected chi connectivity index (χ2v) is 11.9. The summed E-state index contributed by atoms with van der Waals surface area (Å²) in [6.07, 6.45) is 0.419. The molecule has 0 aliphatic carbocycles. The van der Waals surface area contributed by atoms with Crippen LogP contribution in [-0.4, -0.2) is 18.6 Å². The lowest BCUT2D eigenvalue weighted by atomic mass is 9.86. The predicted octanol–water partition coefficient (Wildman–Crippen LogP) is 7.18. The smallest absolute Gasteiger partial charge is 0.251 e. The molecule has 1 heterocycles. The Morgan fingerprint density at radius 2 is 1.59 bits per heavy atom. The molecule has 206 valence electrons. The molecule has 0 radical (unpaired) electrons.